The summed E-state index contributed by atoms with van der Waals surface area (Å²) in [6.45, 7) is 0.693. The highest BCUT2D eigenvalue weighted by molar-refractivity contribution is 9.12. The Kier molecular flexibility index (Phi) is 3.10. The Morgan fingerprint density at radius 3 is 1.91 bits per heavy atom. The number of hydrogen-bond acceptors (Lipinski definition) is 1. The van der Waals surface area contributed by atoms with Crippen LogP contribution in [0.3, 0.4) is 0 Å². The molecule has 0 atom stereocenters. The standard InChI is InChI=1S/C5H4BrF3O2/c1-2(5(7,8)9)3(6)4(10)11/h1H3,(H,10,11)/b3-2-. The van der Waals surface area contributed by atoms with Gasteiger partial charge in [-0.1, -0.05) is 0 Å². The summed E-state index contributed by atoms with van der Waals surface area (Å²) in [4.78, 5) is 9.98. The molecule has 2 nitrogen and oxygen atoms in total. The number of aliphatic carboxylic acids is 1. The monoisotopic (exact) mass is 232 g/mol. The summed E-state index contributed by atoms with van der Waals surface area (Å²) in [7, 11) is 0. The summed E-state index contributed by atoms with van der Waals surface area (Å²) in [6.07, 6.45) is -4.59. The highest BCUT2D eigenvalue weighted by atomic mass is 79.9. The maximum Gasteiger partial charge on any atom is 0.413 e. The van der Waals surface area contributed by atoms with Crippen LogP contribution in [0.1, 0.15) is 6.92 Å². The molecule has 0 saturated heterocycles. The average Bonchev–Trinajstić information content (AvgIpc) is 1.82. The molecule has 0 aromatic carbocycles. The van der Waals surface area contributed by atoms with Gasteiger partial charge in [-0.15, -0.1) is 0 Å². The highest BCUT2D eigenvalue weighted by Gasteiger charge is 2.33. The number of carboxylic acid groups (broad SMARTS) is 1. The molecule has 0 aliphatic carbocycles. The van der Waals surface area contributed by atoms with E-state index in [1.54, 1.807) is 0 Å². The zero-order valence-electron chi connectivity index (χ0n) is 5.37. The molecule has 0 radical (unpaired) electrons. The van der Waals surface area contributed by atoms with Crippen LogP contribution in [-0.2, 0) is 4.79 Å². The normalized spacial score (nSPS) is 14.3. The van der Waals surface area contributed by atoms with E-state index in [0.717, 1.165) is 0 Å². The van der Waals surface area contributed by atoms with Crippen LogP contribution in [0, 0.1) is 0 Å². The van der Waals surface area contributed by atoms with E-state index < -0.39 is 22.2 Å². The smallest absolute Gasteiger partial charge is 0.413 e. The quantitative estimate of drug-likeness (QED) is 0.705. The van der Waals surface area contributed by atoms with Gasteiger partial charge in [-0.25, -0.2) is 4.79 Å². The lowest BCUT2D eigenvalue weighted by Gasteiger charge is -2.06. The number of rotatable bonds is 1. The summed E-state index contributed by atoms with van der Waals surface area (Å²) in [5.74, 6) is -1.63. The maximum absolute atomic E-state index is 11.7. The Hall–Kier alpha value is -0.520. The fourth-order valence-corrected chi connectivity index (χ4v) is 0.510. The predicted molar refractivity (Wildman–Crippen MR) is 35.3 cm³/mol. The summed E-state index contributed by atoms with van der Waals surface area (Å²) in [5, 5.41) is 8.11. The molecule has 11 heavy (non-hydrogen) atoms. The van der Waals surface area contributed by atoms with Crippen molar-refractivity contribution in [2.24, 2.45) is 0 Å². The molecule has 0 bridgehead atoms. The van der Waals surface area contributed by atoms with E-state index in [2.05, 4.69) is 15.9 Å². The van der Waals surface area contributed by atoms with Crippen LogP contribution < -0.4 is 0 Å². The van der Waals surface area contributed by atoms with Crippen molar-refractivity contribution in [3.05, 3.63) is 10.1 Å². The van der Waals surface area contributed by atoms with Crippen LogP contribution in [0.25, 0.3) is 0 Å². The molecular weight excluding hydrogens is 229 g/mol. The maximum atomic E-state index is 11.7. The lowest BCUT2D eigenvalue weighted by Crippen LogP contribution is -2.13. The van der Waals surface area contributed by atoms with Gasteiger partial charge in [0.15, 0.2) is 0 Å². The zero-order valence-corrected chi connectivity index (χ0v) is 6.95. The molecule has 0 fully saturated rings. The summed E-state index contributed by atoms with van der Waals surface area (Å²) in [5.41, 5.74) is -1.15. The fraction of sp³-hybridized carbons (Fsp3) is 0.400. The molecule has 0 heterocycles. The summed E-state index contributed by atoms with van der Waals surface area (Å²) in [6, 6.07) is 0. The first-order valence-electron chi connectivity index (χ1n) is 2.43. The van der Waals surface area contributed by atoms with E-state index in [1.165, 1.54) is 0 Å². The minimum Gasteiger partial charge on any atom is -0.477 e. The number of carboxylic acids is 1. The van der Waals surface area contributed by atoms with E-state index >= 15 is 0 Å². The van der Waals surface area contributed by atoms with Crippen molar-refractivity contribution in [1.29, 1.82) is 0 Å². The first-order valence-corrected chi connectivity index (χ1v) is 3.23. The Balaban J connectivity index is 4.82. The van der Waals surface area contributed by atoms with Crippen LogP contribution >= 0.6 is 15.9 Å². The van der Waals surface area contributed by atoms with E-state index in [4.69, 9.17) is 5.11 Å². The van der Waals surface area contributed by atoms with E-state index in [-0.39, 0.29) is 0 Å². The molecule has 0 saturated carbocycles. The van der Waals surface area contributed by atoms with Crippen molar-refractivity contribution in [2.75, 3.05) is 0 Å². The Morgan fingerprint density at radius 2 is 1.82 bits per heavy atom. The molecule has 6 heteroatoms. The Labute approximate surface area is 68.8 Å². The van der Waals surface area contributed by atoms with Crippen molar-refractivity contribution in [2.45, 2.75) is 13.1 Å². The average molecular weight is 233 g/mol. The van der Waals surface area contributed by atoms with Gasteiger partial charge >= 0.3 is 12.1 Å². The van der Waals surface area contributed by atoms with Gasteiger partial charge in [0.25, 0.3) is 0 Å². The van der Waals surface area contributed by atoms with Gasteiger partial charge in [0.2, 0.25) is 0 Å². The molecule has 0 aromatic heterocycles. The van der Waals surface area contributed by atoms with Gasteiger partial charge < -0.3 is 5.11 Å². The second-order valence-corrected chi connectivity index (χ2v) is 2.53. The first kappa shape index (κ1) is 10.5. The highest BCUT2D eigenvalue weighted by Crippen LogP contribution is 2.29. The molecule has 0 aliphatic heterocycles. The molecule has 64 valence electrons. The molecule has 1 N–H and O–H groups in total. The van der Waals surface area contributed by atoms with Gasteiger partial charge in [0.1, 0.15) is 4.48 Å². The van der Waals surface area contributed by atoms with Crippen LogP contribution in [-0.4, -0.2) is 17.3 Å². The number of allylic oxidation sites excluding steroid dienone is 1. The van der Waals surface area contributed by atoms with Crippen molar-refractivity contribution < 1.29 is 23.1 Å². The third-order valence-electron chi connectivity index (χ3n) is 0.942. The Bertz CT molecular complexity index is 206. The molecule has 0 rings (SSSR count). The third kappa shape index (κ3) is 2.92. The van der Waals surface area contributed by atoms with Crippen LogP contribution in [0.5, 0.6) is 0 Å². The number of carbonyl (C=O) groups is 1. The van der Waals surface area contributed by atoms with Crippen LogP contribution in [0.4, 0.5) is 13.2 Å². The Morgan fingerprint density at radius 1 is 1.45 bits per heavy atom. The molecule has 0 amide bonds. The molecule has 0 spiro atoms. The van der Waals surface area contributed by atoms with Crippen LogP contribution in [0.15, 0.2) is 10.1 Å². The van der Waals surface area contributed by atoms with Gasteiger partial charge in [-0.3, -0.25) is 0 Å². The second kappa shape index (κ2) is 3.25. The number of alkyl halides is 3. The summed E-state index contributed by atoms with van der Waals surface area (Å²) < 4.78 is 34.3. The molecule has 0 aliphatic rings. The van der Waals surface area contributed by atoms with Gasteiger partial charge in [0.05, 0.1) is 5.57 Å². The van der Waals surface area contributed by atoms with E-state index in [1.807, 2.05) is 0 Å². The van der Waals surface area contributed by atoms with Gasteiger partial charge in [-0.05, 0) is 22.9 Å². The van der Waals surface area contributed by atoms with Crippen molar-refractivity contribution >= 4 is 21.9 Å². The van der Waals surface area contributed by atoms with Crippen LogP contribution in [0.2, 0.25) is 0 Å². The topological polar surface area (TPSA) is 37.3 Å². The second-order valence-electron chi connectivity index (χ2n) is 1.74. The fourth-order valence-electron chi connectivity index (χ4n) is 0.285. The van der Waals surface area contributed by atoms with E-state index in [9.17, 15) is 18.0 Å². The number of halogens is 4. The number of hydrogen-bond donors (Lipinski definition) is 1. The van der Waals surface area contributed by atoms with Gasteiger partial charge in [0, 0.05) is 0 Å². The lowest BCUT2D eigenvalue weighted by atomic mass is 10.3. The minimum atomic E-state index is -4.59. The lowest BCUT2D eigenvalue weighted by molar-refractivity contribution is -0.133. The predicted octanol–water partition coefficient (Wildman–Crippen LogP) is 2.30. The SMILES string of the molecule is C/C(=C(/Br)C(=O)O)C(F)(F)F. The van der Waals surface area contributed by atoms with Crippen molar-refractivity contribution in [3.63, 3.8) is 0 Å². The summed E-state index contributed by atoms with van der Waals surface area (Å²) >= 11 is 2.30. The largest absolute Gasteiger partial charge is 0.477 e. The van der Waals surface area contributed by atoms with Crippen molar-refractivity contribution in [1.82, 2.24) is 0 Å². The van der Waals surface area contributed by atoms with Crippen molar-refractivity contribution in [3.8, 4) is 0 Å². The zero-order chi connectivity index (χ0) is 9.23. The third-order valence-corrected chi connectivity index (χ3v) is 1.88. The first-order chi connectivity index (χ1) is 4.76. The molecule has 0 aromatic rings. The minimum absolute atomic E-state index is 0.693. The van der Waals surface area contributed by atoms with Gasteiger partial charge in [-0.2, -0.15) is 13.2 Å². The molecular formula is C5H4BrF3O2. The van der Waals surface area contributed by atoms with E-state index in [0.29, 0.717) is 6.92 Å². The molecule has 0 unspecified atom stereocenters.